The van der Waals surface area contributed by atoms with Crippen molar-refractivity contribution in [3.63, 3.8) is 0 Å². The van der Waals surface area contributed by atoms with Crippen molar-refractivity contribution in [2.75, 3.05) is 18.4 Å². The molecule has 2 aliphatic heterocycles. The molecule has 29 heavy (non-hydrogen) atoms. The molecule has 0 aliphatic carbocycles. The summed E-state index contributed by atoms with van der Waals surface area (Å²) in [5.41, 5.74) is 8.57. The second-order valence-electron chi connectivity index (χ2n) is 7.45. The molecule has 2 aromatic rings. The van der Waals surface area contributed by atoms with Crippen molar-refractivity contribution in [3.8, 4) is 0 Å². The minimum atomic E-state index is -0.282. The minimum Gasteiger partial charge on any atom is -0.462 e. The monoisotopic (exact) mass is 392 g/mol. The molecule has 2 aliphatic rings. The molecule has 2 heterocycles. The highest BCUT2D eigenvalue weighted by molar-refractivity contribution is 6.07. The van der Waals surface area contributed by atoms with E-state index in [4.69, 9.17) is 15.9 Å². The van der Waals surface area contributed by atoms with E-state index in [0.29, 0.717) is 31.5 Å². The van der Waals surface area contributed by atoms with E-state index in [0.717, 1.165) is 16.8 Å². The van der Waals surface area contributed by atoms with Crippen LogP contribution in [0.3, 0.4) is 0 Å². The average Bonchev–Trinajstić information content (AvgIpc) is 2.84. The van der Waals surface area contributed by atoms with Crippen LogP contribution in [0.25, 0.3) is 0 Å². The maximum Gasteiger partial charge on any atom is 0.307 e. The predicted octanol–water partition coefficient (Wildman–Crippen LogP) is 2.68. The molecule has 1 unspecified atom stereocenters. The van der Waals surface area contributed by atoms with Gasteiger partial charge in [0.25, 0.3) is 5.91 Å². The summed E-state index contributed by atoms with van der Waals surface area (Å²) in [7, 11) is 0. The summed E-state index contributed by atoms with van der Waals surface area (Å²) in [6, 6.07) is 15.0. The molecule has 4 N–H and O–H groups in total. The highest BCUT2D eigenvalue weighted by Gasteiger charge is 2.30. The van der Waals surface area contributed by atoms with E-state index in [-0.39, 0.29) is 36.3 Å². The molecule has 7 heteroatoms. The molecule has 1 fully saturated rings. The van der Waals surface area contributed by atoms with E-state index < -0.39 is 0 Å². The highest BCUT2D eigenvalue weighted by atomic mass is 16.5. The van der Waals surface area contributed by atoms with E-state index in [2.05, 4.69) is 5.32 Å². The van der Waals surface area contributed by atoms with Crippen molar-refractivity contribution in [3.05, 3.63) is 65.2 Å². The van der Waals surface area contributed by atoms with Crippen LogP contribution in [0.15, 0.2) is 48.5 Å². The molecule has 1 saturated heterocycles. The smallest absolute Gasteiger partial charge is 0.307 e. The van der Waals surface area contributed by atoms with Crippen LogP contribution in [-0.2, 0) is 9.53 Å². The van der Waals surface area contributed by atoms with E-state index in [1.54, 1.807) is 11.0 Å². The SMILES string of the molecule is N=C(N)N1CCC(OC(=O)CC2c3ccccc3NC(=O)c3ccccc32)CC1. The van der Waals surface area contributed by atoms with Crippen molar-refractivity contribution in [2.45, 2.75) is 31.3 Å². The third-order valence-electron chi connectivity index (χ3n) is 5.62. The zero-order valence-corrected chi connectivity index (χ0v) is 16.1. The standard InChI is InChI=1S/C22H24N4O3/c23-22(24)26-11-9-14(10-12-26)29-20(27)13-18-15-5-1-2-7-17(15)21(28)25-19-8-4-3-6-16(18)19/h1-8,14,18H,9-13H2,(H3,23,24)(H,25,28). The number of nitrogens with zero attached hydrogens (tertiary/aromatic N) is 1. The number of nitrogens with one attached hydrogen (secondary N) is 2. The fraction of sp³-hybridized carbons (Fsp3) is 0.318. The zero-order valence-electron chi connectivity index (χ0n) is 16.1. The van der Waals surface area contributed by atoms with Gasteiger partial charge in [0.15, 0.2) is 5.96 Å². The number of anilines is 1. The van der Waals surface area contributed by atoms with Crippen molar-refractivity contribution >= 4 is 23.5 Å². The third kappa shape index (κ3) is 3.94. The molecule has 2 aromatic carbocycles. The van der Waals surface area contributed by atoms with Gasteiger partial charge in [-0.05, 0) is 23.3 Å². The number of para-hydroxylation sites is 1. The summed E-state index contributed by atoms with van der Waals surface area (Å²) in [5.74, 6) is -0.652. The zero-order chi connectivity index (χ0) is 20.4. The summed E-state index contributed by atoms with van der Waals surface area (Å²) >= 11 is 0. The number of carbonyl (C=O) groups is 2. The molecule has 0 saturated carbocycles. The van der Waals surface area contributed by atoms with Gasteiger partial charge in [0.2, 0.25) is 0 Å². The molecule has 7 nitrogen and oxygen atoms in total. The molecule has 150 valence electrons. The molecular formula is C22H24N4O3. The van der Waals surface area contributed by atoms with Gasteiger partial charge in [-0.2, -0.15) is 0 Å². The van der Waals surface area contributed by atoms with Gasteiger partial charge in [-0.15, -0.1) is 0 Å². The molecule has 0 radical (unpaired) electrons. The number of nitrogens with two attached hydrogens (primary N) is 1. The number of benzene rings is 2. The second kappa shape index (κ2) is 7.95. The first-order valence-corrected chi connectivity index (χ1v) is 9.80. The topological polar surface area (TPSA) is 109 Å². The average molecular weight is 392 g/mol. The Morgan fingerprint density at radius 3 is 2.48 bits per heavy atom. The lowest BCUT2D eigenvalue weighted by atomic mass is 9.86. The first kappa shape index (κ1) is 19.0. The van der Waals surface area contributed by atoms with Crippen LogP contribution in [0, 0.1) is 5.41 Å². The van der Waals surface area contributed by atoms with Crippen molar-refractivity contribution in [2.24, 2.45) is 5.73 Å². The molecule has 1 atom stereocenters. The quantitative estimate of drug-likeness (QED) is 0.423. The Morgan fingerprint density at radius 2 is 1.76 bits per heavy atom. The Labute approximate surface area is 169 Å². The lowest BCUT2D eigenvalue weighted by Gasteiger charge is -2.32. The van der Waals surface area contributed by atoms with E-state index >= 15 is 0 Å². The summed E-state index contributed by atoms with van der Waals surface area (Å²) in [5, 5.41) is 10.5. The van der Waals surface area contributed by atoms with Gasteiger partial charge < -0.3 is 20.7 Å². The molecule has 1 amide bonds. The second-order valence-corrected chi connectivity index (χ2v) is 7.45. The number of hydrogen-bond acceptors (Lipinski definition) is 4. The van der Waals surface area contributed by atoms with Crippen LogP contribution in [0.2, 0.25) is 0 Å². The van der Waals surface area contributed by atoms with Gasteiger partial charge in [0, 0.05) is 43.1 Å². The van der Waals surface area contributed by atoms with Gasteiger partial charge in [0.1, 0.15) is 6.10 Å². The number of esters is 1. The highest BCUT2D eigenvalue weighted by Crippen LogP contribution is 2.38. The molecule has 0 aromatic heterocycles. The number of fused-ring (bicyclic) bond motifs is 2. The largest absolute Gasteiger partial charge is 0.462 e. The fourth-order valence-corrected chi connectivity index (χ4v) is 4.11. The number of carbonyl (C=O) groups excluding carboxylic acids is 2. The Bertz CT molecular complexity index is 951. The van der Waals surface area contributed by atoms with Gasteiger partial charge in [-0.25, -0.2) is 0 Å². The minimum absolute atomic E-state index is 0.0543. The maximum absolute atomic E-state index is 12.8. The molecule has 0 bridgehead atoms. The van der Waals surface area contributed by atoms with Gasteiger partial charge >= 0.3 is 5.97 Å². The van der Waals surface area contributed by atoms with Crippen LogP contribution < -0.4 is 11.1 Å². The summed E-state index contributed by atoms with van der Waals surface area (Å²) < 4.78 is 5.74. The number of guanidine groups is 1. The lowest BCUT2D eigenvalue weighted by Crippen LogP contribution is -2.44. The van der Waals surface area contributed by atoms with Gasteiger partial charge in [0.05, 0.1) is 6.42 Å². The molecule has 0 spiro atoms. The first-order valence-electron chi connectivity index (χ1n) is 9.80. The number of likely N-dealkylation sites (tertiary alicyclic amines) is 1. The van der Waals surface area contributed by atoms with Crippen molar-refractivity contribution < 1.29 is 14.3 Å². The van der Waals surface area contributed by atoms with Crippen LogP contribution >= 0.6 is 0 Å². The Kier molecular flexibility index (Phi) is 5.20. The molecular weight excluding hydrogens is 368 g/mol. The normalized spacial score (nSPS) is 18.8. The number of hydrogen-bond donors (Lipinski definition) is 3. The van der Waals surface area contributed by atoms with Gasteiger partial charge in [-0.1, -0.05) is 36.4 Å². The number of amides is 1. The predicted molar refractivity (Wildman–Crippen MR) is 110 cm³/mol. The van der Waals surface area contributed by atoms with Crippen molar-refractivity contribution in [1.82, 2.24) is 4.90 Å². The number of ether oxygens (including phenoxy) is 1. The van der Waals surface area contributed by atoms with Crippen LogP contribution in [0.1, 0.15) is 46.7 Å². The van der Waals surface area contributed by atoms with Crippen LogP contribution in [-0.4, -0.2) is 41.9 Å². The van der Waals surface area contributed by atoms with E-state index in [1.807, 2.05) is 42.5 Å². The third-order valence-corrected chi connectivity index (χ3v) is 5.62. The number of rotatable bonds is 3. The Balaban J connectivity index is 1.54. The summed E-state index contributed by atoms with van der Waals surface area (Å²) in [6.45, 7) is 1.22. The molecule has 4 rings (SSSR count). The summed E-state index contributed by atoms with van der Waals surface area (Å²) in [6.07, 6.45) is 1.30. The summed E-state index contributed by atoms with van der Waals surface area (Å²) in [4.78, 5) is 27.2. The number of piperidine rings is 1. The first-order chi connectivity index (χ1) is 14.0. The Hall–Kier alpha value is -3.35. The van der Waals surface area contributed by atoms with E-state index in [9.17, 15) is 9.59 Å². The van der Waals surface area contributed by atoms with Gasteiger partial charge in [-0.3, -0.25) is 15.0 Å². The fourth-order valence-electron chi connectivity index (χ4n) is 4.11. The maximum atomic E-state index is 12.8. The van der Waals surface area contributed by atoms with E-state index in [1.165, 1.54) is 0 Å². The van der Waals surface area contributed by atoms with Crippen molar-refractivity contribution in [1.29, 1.82) is 5.41 Å². The Morgan fingerprint density at radius 1 is 1.10 bits per heavy atom. The van der Waals surface area contributed by atoms with Crippen LogP contribution in [0.4, 0.5) is 5.69 Å². The van der Waals surface area contributed by atoms with Crippen LogP contribution in [0.5, 0.6) is 0 Å². The lowest BCUT2D eigenvalue weighted by molar-refractivity contribution is -0.151.